The van der Waals surface area contributed by atoms with Crippen molar-refractivity contribution in [1.29, 1.82) is 0 Å². The summed E-state index contributed by atoms with van der Waals surface area (Å²) in [5, 5.41) is 10.6. The lowest BCUT2D eigenvalue weighted by molar-refractivity contribution is -0.384. The molecule has 2 aromatic carbocycles. The predicted octanol–water partition coefficient (Wildman–Crippen LogP) is 1.58. The minimum atomic E-state index is -3.80. The summed E-state index contributed by atoms with van der Waals surface area (Å²) >= 11 is 0. The number of hydrogen-bond donors (Lipinski definition) is 2. The first kappa shape index (κ1) is 17.9. The molecule has 0 spiro atoms. The van der Waals surface area contributed by atoms with Crippen molar-refractivity contribution < 1.29 is 18.1 Å². The lowest BCUT2D eigenvalue weighted by Gasteiger charge is -2.14. The number of hydrogen-bond acceptors (Lipinski definition) is 6. The van der Waals surface area contributed by atoms with Gasteiger partial charge in [0.25, 0.3) is 5.69 Å². The van der Waals surface area contributed by atoms with Crippen molar-refractivity contribution in [2.45, 2.75) is 10.9 Å². The van der Waals surface area contributed by atoms with Gasteiger partial charge in [-0.25, -0.2) is 13.1 Å². The van der Waals surface area contributed by atoms with Crippen LogP contribution in [0.25, 0.3) is 0 Å². The summed E-state index contributed by atoms with van der Waals surface area (Å²) in [7, 11) is -2.25. The van der Waals surface area contributed by atoms with E-state index in [9.17, 15) is 18.5 Å². The lowest BCUT2D eigenvalue weighted by atomic mass is 10.1. The molecule has 0 aliphatic carbocycles. The van der Waals surface area contributed by atoms with E-state index in [0.29, 0.717) is 5.75 Å². The average Bonchev–Trinajstić information content (AvgIpc) is 2.60. The Bertz CT molecular complexity index is 804. The van der Waals surface area contributed by atoms with Crippen molar-refractivity contribution in [2.24, 2.45) is 5.73 Å². The minimum absolute atomic E-state index is 0.00828. The summed E-state index contributed by atoms with van der Waals surface area (Å²) < 4.78 is 31.8. The Morgan fingerprint density at radius 1 is 1.17 bits per heavy atom. The number of sulfonamides is 1. The SMILES string of the molecule is COc1ccc([C@H](N)CNS(=O)(=O)c2ccc([N+](=O)[O-])cc2)cc1. The number of nitro groups is 1. The number of methoxy groups -OCH3 is 1. The van der Waals surface area contributed by atoms with E-state index in [1.165, 1.54) is 12.1 Å². The lowest BCUT2D eigenvalue weighted by Crippen LogP contribution is -2.31. The molecule has 1 atom stereocenters. The molecule has 0 saturated heterocycles. The van der Waals surface area contributed by atoms with Gasteiger partial charge in [-0.3, -0.25) is 10.1 Å². The Kier molecular flexibility index (Phi) is 5.50. The first-order valence-corrected chi connectivity index (χ1v) is 8.45. The van der Waals surface area contributed by atoms with E-state index >= 15 is 0 Å². The third-order valence-corrected chi connectivity index (χ3v) is 4.83. The van der Waals surface area contributed by atoms with Gasteiger partial charge in [0.1, 0.15) is 5.75 Å². The van der Waals surface area contributed by atoms with Gasteiger partial charge in [0.05, 0.1) is 16.9 Å². The summed E-state index contributed by atoms with van der Waals surface area (Å²) in [6, 6.07) is 11.1. The molecule has 0 unspecified atom stereocenters. The summed E-state index contributed by atoms with van der Waals surface area (Å²) in [6.45, 7) is -0.00828. The molecule has 0 fully saturated rings. The number of rotatable bonds is 7. The van der Waals surface area contributed by atoms with Crippen molar-refractivity contribution in [3.8, 4) is 5.75 Å². The Hall–Kier alpha value is -2.49. The Morgan fingerprint density at radius 2 is 1.75 bits per heavy atom. The molecule has 0 radical (unpaired) electrons. The highest BCUT2D eigenvalue weighted by molar-refractivity contribution is 7.89. The second-order valence-corrected chi connectivity index (χ2v) is 6.75. The molecule has 24 heavy (non-hydrogen) atoms. The van der Waals surface area contributed by atoms with Crippen LogP contribution in [0.1, 0.15) is 11.6 Å². The largest absolute Gasteiger partial charge is 0.497 e. The zero-order chi connectivity index (χ0) is 17.7. The summed E-state index contributed by atoms with van der Waals surface area (Å²) in [6.07, 6.45) is 0. The molecule has 0 saturated carbocycles. The molecule has 0 aliphatic rings. The first-order valence-electron chi connectivity index (χ1n) is 6.97. The maximum absolute atomic E-state index is 12.2. The Labute approximate surface area is 139 Å². The van der Waals surface area contributed by atoms with Gasteiger partial charge in [-0.2, -0.15) is 0 Å². The molecule has 128 valence electrons. The third-order valence-electron chi connectivity index (χ3n) is 3.40. The van der Waals surface area contributed by atoms with E-state index < -0.39 is 21.0 Å². The predicted molar refractivity (Wildman–Crippen MR) is 88.2 cm³/mol. The zero-order valence-electron chi connectivity index (χ0n) is 12.9. The van der Waals surface area contributed by atoms with Crippen molar-refractivity contribution in [3.63, 3.8) is 0 Å². The van der Waals surface area contributed by atoms with Crippen LogP contribution >= 0.6 is 0 Å². The van der Waals surface area contributed by atoms with Gasteiger partial charge in [0, 0.05) is 24.7 Å². The third kappa shape index (κ3) is 4.28. The average molecular weight is 351 g/mol. The van der Waals surface area contributed by atoms with Crippen LogP contribution in [0, 0.1) is 10.1 Å². The van der Waals surface area contributed by atoms with E-state index in [0.717, 1.165) is 17.7 Å². The molecule has 2 aromatic rings. The quantitative estimate of drug-likeness (QED) is 0.576. The molecule has 2 rings (SSSR count). The normalized spacial score (nSPS) is 12.6. The first-order chi connectivity index (χ1) is 11.3. The second kappa shape index (κ2) is 7.39. The fourth-order valence-corrected chi connectivity index (χ4v) is 3.06. The number of nitro benzene ring substituents is 1. The van der Waals surface area contributed by atoms with Gasteiger partial charge in [-0.05, 0) is 29.8 Å². The highest BCUT2D eigenvalue weighted by atomic mass is 32.2. The highest BCUT2D eigenvalue weighted by Gasteiger charge is 2.17. The topological polar surface area (TPSA) is 125 Å². The van der Waals surface area contributed by atoms with Crippen LogP contribution in [0.2, 0.25) is 0 Å². The van der Waals surface area contributed by atoms with Crippen molar-refractivity contribution in [1.82, 2.24) is 4.72 Å². The van der Waals surface area contributed by atoms with Crippen LogP contribution < -0.4 is 15.2 Å². The van der Waals surface area contributed by atoms with Gasteiger partial charge >= 0.3 is 0 Å². The van der Waals surface area contributed by atoms with Gasteiger partial charge in [-0.1, -0.05) is 12.1 Å². The van der Waals surface area contributed by atoms with Crippen molar-refractivity contribution in [2.75, 3.05) is 13.7 Å². The maximum Gasteiger partial charge on any atom is 0.269 e. The fourth-order valence-electron chi connectivity index (χ4n) is 2.00. The minimum Gasteiger partial charge on any atom is -0.497 e. The second-order valence-electron chi connectivity index (χ2n) is 4.98. The van der Waals surface area contributed by atoms with E-state index in [1.54, 1.807) is 31.4 Å². The number of benzene rings is 2. The molecule has 0 aliphatic heterocycles. The summed E-state index contributed by atoms with van der Waals surface area (Å²) in [5.41, 5.74) is 6.55. The highest BCUT2D eigenvalue weighted by Crippen LogP contribution is 2.18. The van der Waals surface area contributed by atoms with E-state index in [4.69, 9.17) is 10.5 Å². The molecular formula is C15H17N3O5S. The van der Waals surface area contributed by atoms with Crippen LogP contribution in [0.4, 0.5) is 5.69 Å². The molecule has 9 heteroatoms. The van der Waals surface area contributed by atoms with Crippen molar-refractivity contribution >= 4 is 15.7 Å². The van der Waals surface area contributed by atoms with E-state index in [2.05, 4.69) is 4.72 Å². The monoisotopic (exact) mass is 351 g/mol. The zero-order valence-corrected chi connectivity index (χ0v) is 13.7. The fraction of sp³-hybridized carbons (Fsp3) is 0.200. The molecule has 0 amide bonds. The summed E-state index contributed by atoms with van der Waals surface area (Å²) in [5.74, 6) is 0.678. The number of nitrogens with one attached hydrogen (secondary N) is 1. The molecule has 0 aromatic heterocycles. The molecule has 0 bridgehead atoms. The van der Waals surface area contributed by atoms with E-state index in [1.807, 2.05) is 0 Å². The molecule has 0 heterocycles. The van der Waals surface area contributed by atoms with Crippen LogP contribution in [-0.2, 0) is 10.0 Å². The molecule has 3 N–H and O–H groups in total. The summed E-state index contributed by atoms with van der Waals surface area (Å²) in [4.78, 5) is 9.94. The van der Waals surface area contributed by atoms with Crippen LogP contribution in [-0.4, -0.2) is 27.0 Å². The maximum atomic E-state index is 12.2. The van der Waals surface area contributed by atoms with Crippen LogP contribution in [0.15, 0.2) is 53.4 Å². The number of ether oxygens (including phenoxy) is 1. The van der Waals surface area contributed by atoms with Crippen molar-refractivity contribution in [3.05, 3.63) is 64.2 Å². The number of non-ortho nitro benzene ring substituents is 1. The molecular weight excluding hydrogens is 334 g/mol. The van der Waals surface area contributed by atoms with Gasteiger partial charge < -0.3 is 10.5 Å². The van der Waals surface area contributed by atoms with Gasteiger partial charge in [0.15, 0.2) is 0 Å². The molecule has 8 nitrogen and oxygen atoms in total. The smallest absolute Gasteiger partial charge is 0.269 e. The van der Waals surface area contributed by atoms with Crippen LogP contribution in [0.3, 0.4) is 0 Å². The van der Waals surface area contributed by atoms with Crippen LogP contribution in [0.5, 0.6) is 5.75 Å². The van der Waals surface area contributed by atoms with Gasteiger partial charge in [-0.15, -0.1) is 0 Å². The van der Waals surface area contributed by atoms with E-state index in [-0.39, 0.29) is 17.1 Å². The Balaban J connectivity index is 2.04. The number of nitrogens with zero attached hydrogens (tertiary/aromatic N) is 1. The number of nitrogens with two attached hydrogens (primary N) is 1. The van der Waals surface area contributed by atoms with Gasteiger partial charge in [0.2, 0.25) is 10.0 Å². The standard InChI is InChI=1S/C15H17N3O5S/c1-23-13-6-2-11(3-7-13)15(16)10-17-24(21,22)14-8-4-12(5-9-14)18(19)20/h2-9,15,17H,10,16H2,1H3/t15-/m1/s1. The Morgan fingerprint density at radius 3 is 2.25 bits per heavy atom.